The van der Waals surface area contributed by atoms with Crippen molar-refractivity contribution in [2.75, 3.05) is 11.9 Å². The average molecular weight is 625 g/mol. The van der Waals surface area contributed by atoms with Crippen LogP contribution in [0.5, 0.6) is 0 Å². The molecule has 0 aliphatic heterocycles. The summed E-state index contributed by atoms with van der Waals surface area (Å²) in [5, 5.41) is 17.9. The molecule has 2 unspecified atom stereocenters. The molecule has 45 heavy (non-hydrogen) atoms. The van der Waals surface area contributed by atoms with Crippen LogP contribution in [-0.4, -0.2) is 52.9 Å². The Kier molecular flexibility index (Phi) is 13.9. The number of benzene rings is 1. The third-order valence-corrected chi connectivity index (χ3v) is 8.98. The van der Waals surface area contributed by atoms with Gasteiger partial charge in [0.25, 0.3) is 0 Å². The number of nitrogens with two attached hydrogens (primary N) is 1. The molecule has 0 bridgehead atoms. The monoisotopic (exact) mass is 624 g/mol. The molecule has 6 N–H and O–H groups in total. The molecule has 2 aliphatic carbocycles. The van der Waals surface area contributed by atoms with E-state index in [0.717, 1.165) is 38.5 Å². The van der Waals surface area contributed by atoms with E-state index in [-0.39, 0.29) is 35.9 Å². The van der Waals surface area contributed by atoms with Crippen LogP contribution >= 0.6 is 0 Å². The van der Waals surface area contributed by atoms with Gasteiger partial charge in [-0.15, -0.1) is 0 Å². The van der Waals surface area contributed by atoms with Crippen molar-refractivity contribution < 1.29 is 33.9 Å². The molecule has 0 saturated heterocycles. The summed E-state index contributed by atoms with van der Waals surface area (Å²) in [6.07, 6.45) is 10.8. The van der Waals surface area contributed by atoms with Crippen molar-refractivity contribution in [1.82, 2.24) is 10.6 Å². The minimum atomic E-state index is -1.21. The van der Waals surface area contributed by atoms with E-state index in [4.69, 9.17) is 5.73 Å². The van der Waals surface area contributed by atoms with Crippen LogP contribution in [0.3, 0.4) is 0 Å². The molecule has 11 heteroatoms. The van der Waals surface area contributed by atoms with E-state index < -0.39 is 29.2 Å². The van der Waals surface area contributed by atoms with E-state index in [9.17, 15) is 33.9 Å². The third-order valence-electron chi connectivity index (χ3n) is 8.98. The van der Waals surface area contributed by atoms with Crippen molar-refractivity contribution in [3.8, 4) is 0 Å². The highest BCUT2D eigenvalue weighted by Gasteiger charge is 2.51. The molecule has 0 spiro atoms. The molecule has 4 amide bonds. The summed E-state index contributed by atoms with van der Waals surface area (Å²) >= 11 is 0. The van der Waals surface area contributed by atoms with Crippen molar-refractivity contribution in [2.45, 2.75) is 103 Å². The first-order valence-corrected chi connectivity index (χ1v) is 16.2. The van der Waals surface area contributed by atoms with Crippen LogP contribution in [0, 0.1) is 17.3 Å². The second kappa shape index (κ2) is 17.6. The standard InChI is InChI=1S/C34H48N4O7/c1-23(30-27(40)17-18-28(30)41)10-5-4-8-21-36-32(44)34(19-9-20-34)33(45)38-26(11-6-2-3-7-12-29(35)42)31(43)37-25-15-13-24(22-39)14-16-25/h13-18,23,26,30,39H,2-12,19-22H2,1H3,(H2,35,42)(H,36,44)(H,37,43)(H,38,45). The van der Waals surface area contributed by atoms with Crippen LogP contribution in [0.15, 0.2) is 36.4 Å². The van der Waals surface area contributed by atoms with Gasteiger partial charge < -0.3 is 26.8 Å². The zero-order valence-corrected chi connectivity index (χ0v) is 26.3. The fourth-order valence-electron chi connectivity index (χ4n) is 5.96. The number of carbonyl (C=O) groups is 6. The summed E-state index contributed by atoms with van der Waals surface area (Å²) in [6, 6.07) is 5.90. The minimum absolute atomic E-state index is 0.0308. The number of primary amides is 1. The fourth-order valence-corrected chi connectivity index (χ4v) is 5.96. The zero-order valence-electron chi connectivity index (χ0n) is 26.3. The molecule has 1 fully saturated rings. The Hall–Kier alpha value is -3.86. The summed E-state index contributed by atoms with van der Waals surface area (Å²) in [5.41, 5.74) is 5.23. The van der Waals surface area contributed by atoms with Gasteiger partial charge in [0.05, 0.1) is 12.5 Å². The number of anilines is 1. The van der Waals surface area contributed by atoms with Crippen LogP contribution in [0.2, 0.25) is 0 Å². The van der Waals surface area contributed by atoms with Gasteiger partial charge in [-0.25, -0.2) is 0 Å². The number of unbranched alkanes of at least 4 members (excludes halogenated alkanes) is 5. The molecule has 3 rings (SSSR count). The second-order valence-corrected chi connectivity index (χ2v) is 12.4. The molecule has 0 radical (unpaired) electrons. The molecule has 0 aromatic heterocycles. The number of aliphatic hydroxyl groups is 1. The van der Waals surface area contributed by atoms with Gasteiger partial charge in [0.2, 0.25) is 23.6 Å². The molecule has 1 aromatic rings. The highest BCUT2D eigenvalue weighted by molar-refractivity contribution is 6.18. The van der Waals surface area contributed by atoms with Crippen LogP contribution in [0.25, 0.3) is 0 Å². The largest absolute Gasteiger partial charge is 0.392 e. The van der Waals surface area contributed by atoms with Crippen LogP contribution < -0.4 is 21.7 Å². The predicted octanol–water partition coefficient (Wildman–Crippen LogP) is 3.24. The number of hydrogen-bond acceptors (Lipinski definition) is 7. The van der Waals surface area contributed by atoms with Gasteiger partial charge in [-0.1, -0.05) is 57.6 Å². The Morgan fingerprint density at radius 3 is 2.11 bits per heavy atom. The summed E-state index contributed by atoms with van der Waals surface area (Å²) in [7, 11) is 0. The maximum absolute atomic E-state index is 13.5. The first-order valence-electron chi connectivity index (χ1n) is 16.2. The van der Waals surface area contributed by atoms with E-state index >= 15 is 0 Å². The van der Waals surface area contributed by atoms with E-state index in [1.807, 2.05) is 6.92 Å². The van der Waals surface area contributed by atoms with Crippen molar-refractivity contribution in [3.63, 3.8) is 0 Å². The van der Waals surface area contributed by atoms with Gasteiger partial charge in [0, 0.05) is 18.7 Å². The maximum Gasteiger partial charge on any atom is 0.246 e. The number of ketones is 2. The molecule has 2 aliphatic rings. The van der Waals surface area contributed by atoms with Crippen LogP contribution in [0.1, 0.15) is 96.0 Å². The molecular weight excluding hydrogens is 576 g/mol. The number of rotatable bonds is 20. The predicted molar refractivity (Wildman–Crippen MR) is 169 cm³/mol. The highest BCUT2D eigenvalue weighted by atomic mass is 16.3. The lowest BCUT2D eigenvalue weighted by molar-refractivity contribution is -0.151. The molecule has 2 atom stereocenters. The average Bonchev–Trinajstić information content (AvgIpc) is 3.32. The fraction of sp³-hybridized carbons (Fsp3) is 0.588. The molecule has 1 aromatic carbocycles. The van der Waals surface area contributed by atoms with Crippen molar-refractivity contribution >= 4 is 40.9 Å². The van der Waals surface area contributed by atoms with E-state index in [1.165, 1.54) is 12.2 Å². The maximum atomic E-state index is 13.5. The topological polar surface area (TPSA) is 185 Å². The number of amides is 4. The number of hydrogen-bond donors (Lipinski definition) is 5. The summed E-state index contributed by atoms with van der Waals surface area (Å²) in [6.45, 7) is 2.21. The summed E-state index contributed by atoms with van der Waals surface area (Å²) < 4.78 is 0. The Labute approximate surface area is 265 Å². The Bertz CT molecular complexity index is 1220. The Morgan fingerprint density at radius 2 is 1.51 bits per heavy atom. The van der Waals surface area contributed by atoms with Crippen molar-refractivity contribution in [3.05, 3.63) is 42.0 Å². The first kappa shape index (κ1) is 35.6. The summed E-state index contributed by atoms with van der Waals surface area (Å²) in [5.74, 6) is -2.38. The lowest BCUT2D eigenvalue weighted by Gasteiger charge is -2.39. The van der Waals surface area contributed by atoms with Crippen LogP contribution in [-0.2, 0) is 35.4 Å². The van der Waals surface area contributed by atoms with Crippen LogP contribution in [0.4, 0.5) is 5.69 Å². The van der Waals surface area contributed by atoms with Crippen molar-refractivity contribution in [2.24, 2.45) is 23.0 Å². The summed E-state index contributed by atoms with van der Waals surface area (Å²) in [4.78, 5) is 74.9. The molecule has 1 saturated carbocycles. The lowest BCUT2D eigenvalue weighted by Crippen LogP contribution is -2.58. The molecule has 0 heterocycles. The molecule has 246 valence electrons. The molecular formula is C34H48N4O7. The van der Waals surface area contributed by atoms with Gasteiger partial charge >= 0.3 is 0 Å². The highest BCUT2D eigenvalue weighted by Crippen LogP contribution is 2.41. The number of allylic oxidation sites excluding steroid dienone is 2. The zero-order chi connectivity index (χ0) is 32.8. The second-order valence-electron chi connectivity index (χ2n) is 12.4. The van der Waals surface area contributed by atoms with E-state index in [1.54, 1.807) is 24.3 Å². The van der Waals surface area contributed by atoms with Gasteiger partial charge in [-0.2, -0.15) is 0 Å². The molecule has 11 nitrogen and oxygen atoms in total. The van der Waals surface area contributed by atoms with E-state index in [0.29, 0.717) is 62.7 Å². The first-order chi connectivity index (χ1) is 21.6. The van der Waals surface area contributed by atoms with E-state index in [2.05, 4.69) is 16.0 Å². The third kappa shape index (κ3) is 10.3. The van der Waals surface area contributed by atoms with Gasteiger partial charge in [0.1, 0.15) is 11.5 Å². The van der Waals surface area contributed by atoms with Gasteiger partial charge in [-0.3, -0.25) is 28.8 Å². The number of nitrogens with one attached hydrogen (secondary N) is 3. The van der Waals surface area contributed by atoms with Gasteiger partial charge in [0.15, 0.2) is 11.6 Å². The normalized spacial score (nSPS) is 16.9. The SMILES string of the molecule is CC(CCCCCNC(=O)C1(C(=O)NC(CCCCCCC(N)=O)C(=O)Nc2ccc(CO)cc2)CCC1)C1C(=O)C=CC1=O. The minimum Gasteiger partial charge on any atom is -0.392 e. The van der Waals surface area contributed by atoms with Crippen molar-refractivity contribution in [1.29, 1.82) is 0 Å². The Balaban J connectivity index is 1.50. The smallest absolute Gasteiger partial charge is 0.246 e. The number of carbonyl (C=O) groups excluding carboxylic acids is 6. The quantitative estimate of drug-likeness (QED) is 0.109. The Morgan fingerprint density at radius 1 is 0.889 bits per heavy atom. The lowest BCUT2D eigenvalue weighted by atomic mass is 9.67. The number of aliphatic hydroxyl groups excluding tert-OH is 1. The van der Waals surface area contributed by atoms with Gasteiger partial charge in [-0.05, 0) is 74.3 Å².